The van der Waals surface area contributed by atoms with Crippen molar-refractivity contribution in [2.45, 2.75) is 39.4 Å². The number of rotatable bonds is 8. The molecule has 0 aliphatic heterocycles. The summed E-state index contributed by atoms with van der Waals surface area (Å²) in [6, 6.07) is 10.0. The molecule has 0 unspecified atom stereocenters. The number of hydrogen-bond donors (Lipinski definition) is 1. The summed E-state index contributed by atoms with van der Waals surface area (Å²) in [7, 11) is 0. The lowest BCUT2D eigenvalue weighted by molar-refractivity contribution is -0.138. The highest BCUT2D eigenvalue weighted by Gasteiger charge is 2.33. The Hall–Kier alpha value is -3.03. The van der Waals surface area contributed by atoms with Crippen molar-refractivity contribution < 1.29 is 23.1 Å². The molecule has 0 saturated heterocycles. The fraction of sp³-hybridized carbons (Fsp3) is 0.364. The van der Waals surface area contributed by atoms with Crippen molar-refractivity contribution in [3.05, 3.63) is 59.2 Å². The number of aromatic nitrogens is 2. The fourth-order valence-electron chi connectivity index (χ4n) is 3.60. The third kappa shape index (κ3) is 4.42. The van der Waals surface area contributed by atoms with Crippen LogP contribution in [0.5, 0.6) is 0 Å². The minimum Gasteiger partial charge on any atom is -0.478 e. The normalized spacial score (nSPS) is 11.8. The zero-order valence-corrected chi connectivity index (χ0v) is 16.9. The van der Waals surface area contributed by atoms with E-state index >= 15 is 0 Å². The number of hydrogen-bond acceptors (Lipinski definition) is 3. The predicted octanol–water partition coefficient (Wildman–Crippen LogP) is 5.43. The van der Waals surface area contributed by atoms with Crippen LogP contribution in [0.25, 0.3) is 11.0 Å². The number of nitrogens with zero attached hydrogens (tertiary/aromatic N) is 3. The summed E-state index contributed by atoms with van der Waals surface area (Å²) in [4.78, 5) is 18.0. The number of anilines is 1. The maximum atomic E-state index is 13.5. The quantitative estimate of drug-likeness (QED) is 0.529. The van der Waals surface area contributed by atoms with Gasteiger partial charge in [-0.2, -0.15) is 13.2 Å². The summed E-state index contributed by atoms with van der Waals surface area (Å²) in [5, 5.41) is 9.29. The highest BCUT2D eigenvalue weighted by Crippen LogP contribution is 2.34. The third-order valence-corrected chi connectivity index (χ3v) is 4.90. The van der Waals surface area contributed by atoms with Crippen LogP contribution in [-0.4, -0.2) is 33.7 Å². The molecule has 1 N–H and O–H groups in total. The van der Waals surface area contributed by atoms with Crippen molar-refractivity contribution in [2.24, 2.45) is 0 Å². The number of carboxylic acid groups (broad SMARTS) is 1. The summed E-state index contributed by atoms with van der Waals surface area (Å²) in [6.07, 6.45) is -2.76. The van der Waals surface area contributed by atoms with Crippen LogP contribution in [0.4, 0.5) is 19.1 Å². The predicted molar refractivity (Wildman–Crippen MR) is 110 cm³/mol. The molecule has 1 heterocycles. The first-order chi connectivity index (χ1) is 14.3. The Balaban J connectivity index is 2.18. The van der Waals surface area contributed by atoms with Gasteiger partial charge in [-0.05, 0) is 42.7 Å². The zero-order chi connectivity index (χ0) is 21.9. The zero-order valence-electron chi connectivity index (χ0n) is 16.9. The molecule has 8 heteroatoms. The molecular weight excluding hydrogens is 395 g/mol. The topological polar surface area (TPSA) is 58.4 Å². The average Bonchev–Trinajstić information content (AvgIpc) is 3.05. The van der Waals surface area contributed by atoms with Gasteiger partial charge in [0.05, 0.1) is 28.7 Å². The van der Waals surface area contributed by atoms with Gasteiger partial charge < -0.3 is 14.6 Å². The van der Waals surface area contributed by atoms with Crippen LogP contribution < -0.4 is 4.90 Å². The molecule has 0 spiro atoms. The van der Waals surface area contributed by atoms with Gasteiger partial charge in [0.2, 0.25) is 5.95 Å². The summed E-state index contributed by atoms with van der Waals surface area (Å²) in [5.74, 6) is -0.525. The van der Waals surface area contributed by atoms with E-state index in [4.69, 9.17) is 0 Å². The largest absolute Gasteiger partial charge is 0.478 e. The van der Waals surface area contributed by atoms with Gasteiger partial charge in [0.25, 0.3) is 0 Å². The fourth-order valence-corrected chi connectivity index (χ4v) is 3.60. The Morgan fingerprint density at radius 3 is 2.37 bits per heavy atom. The number of benzene rings is 2. The van der Waals surface area contributed by atoms with Crippen molar-refractivity contribution in [1.82, 2.24) is 9.55 Å². The number of carbonyl (C=O) groups is 1. The third-order valence-electron chi connectivity index (χ3n) is 4.90. The number of aromatic carboxylic acids is 1. The number of halogens is 3. The smallest absolute Gasteiger partial charge is 0.416 e. The first-order valence-electron chi connectivity index (χ1n) is 9.89. The molecule has 0 radical (unpaired) electrons. The molecule has 0 amide bonds. The highest BCUT2D eigenvalue weighted by atomic mass is 19.4. The molecule has 160 valence electrons. The number of alkyl halides is 3. The van der Waals surface area contributed by atoms with E-state index in [0.29, 0.717) is 30.1 Å². The summed E-state index contributed by atoms with van der Waals surface area (Å²) in [5.41, 5.74) is 0.598. The van der Waals surface area contributed by atoms with Gasteiger partial charge in [0.15, 0.2) is 0 Å². The summed E-state index contributed by atoms with van der Waals surface area (Å²) in [6.45, 7) is 5.43. The van der Waals surface area contributed by atoms with E-state index in [1.165, 1.54) is 24.3 Å². The van der Waals surface area contributed by atoms with E-state index < -0.39 is 17.7 Å². The van der Waals surface area contributed by atoms with Gasteiger partial charge in [0, 0.05) is 13.1 Å². The van der Waals surface area contributed by atoms with Gasteiger partial charge >= 0.3 is 12.1 Å². The molecule has 3 rings (SSSR count). The van der Waals surface area contributed by atoms with Crippen molar-refractivity contribution in [3.63, 3.8) is 0 Å². The summed E-state index contributed by atoms with van der Waals surface area (Å²) >= 11 is 0. The van der Waals surface area contributed by atoms with E-state index in [1.54, 1.807) is 16.7 Å². The van der Waals surface area contributed by atoms with Crippen molar-refractivity contribution in [1.29, 1.82) is 0 Å². The monoisotopic (exact) mass is 419 g/mol. The second-order valence-electron chi connectivity index (χ2n) is 7.15. The minimum atomic E-state index is -4.46. The maximum Gasteiger partial charge on any atom is 0.416 e. The molecule has 0 fully saturated rings. The van der Waals surface area contributed by atoms with Crippen molar-refractivity contribution >= 4 is 23.0 Å². The second-order valence-corrected chi connectivity index (χ2v) is 7.15. The second kappa shape index (κ2) is 8.77. The van der Waals surface area contributed by atoms with Gasteiger partial charge in [0.1, 0.15) is 0 Å². The van der Waals surface area contributed by atoms with E-state index in [2.05, 4.69) is 4.98 Å². The maximum absolute atomic E-state index is 13.5. The average molecular weight is 419 g/mol. The van der Waals surface area contributed by atoms with Gasteiger partial charge in [-0.15, -0.1) is 0 Å². The van der Waals surface area contributed by atoms with Gasteiger partial charge in [-0.25, -0.2) is 9.78 Å². The lowest BCUT2D eigenvalue weighted by Gasteiger charge is -2.24. The Morgan fingerprint density at radius 2 is 1.77 bits per heavy atom. The van der Waals surface area contributed by atoms with Crippen molar-refractivity contribution in [2.75, 3.05) is 18.0 Å². The molecule has 2 aromatic carbocycles. The highest BCUT2D eigenvalue weighted by molar-refractivity contribution is 5.93. The van der Waals surface area contributed by atoms with Crippen LogP contribution >= 0.6 is 0 Å². The Kier molecular flexibility index (Phi) is 6.34. The SMILES string of the molecule is CCCN(CCC)c1nc2cc(C(=O)O)ccc2n1Cc1ccccc1C(F)(F)F. The molecule has 0 aliphatic carbocycles. The molecule has 30 heavy (non-hydrogen) atoms. The molecule has 3 aromatic rings. The number of imidazole rings is 1. The molecule has 0 bridgehead atoms. The number of carboxylic acids is 1. The van der Waals surface area contributed by atoms with Crippen LogP contribution in [0, 0.1) is 0 Å². The van der Waals surface area contributed by atoms with E-state index in [0.717, 1.165) is 18.9 Å². The van der Waals surface area contributed by atoms with Crippen LogP contribution in [-0.2, 0) is 12.7 Å². The Labute approximate surface area is 172 Å². The van der Waals surface area contributed by atoms with Crippen LogP contribution in [0.2, 0.25) is 0 Å². The van der Waals surface area contributed by atoms with Gasteiger partial charge in [-0.1, -0.05) is 32.0 Å². The van der Waals surface area contributed by atoms with Crippen LogP contribution in [0.15, 0.2) is 42.5 Å². The lowest BCUT2D eigenvalue weighted by atomic mass is 10.1. The summed E-state index contributed by atoms with van der Waals surface area (Å²) < 4.78 is 42.3. The molecule has 5 nitrogen and oxygen atoms in total. The molecule has 1 aromatic heterocycles. The van der Waals surface area contributed by atoms with E-state index in [9.17, 15) is 23.1 Å². The molecule has 0 aliphatic rings. The molecular formula is C22H24F3N3O2. The Bertz CT molecular complexity index is 1040. The number of fused-ring (bicyclic) bond motifs is 1. The first-order valence-corrected chi connectivity index (χ1v) is 9.89. The molecule has 0 saturated carbocycles. The minimum absolute atomic E-state index is 0.0160. The van der Waals surface area contributed by atoms with E-state index in [1.807, 2.05) is 18.7 Å². The lowest BCUT2D eigenvalue weighted by Crippen LogP contribution is -2.28. The van der Waals surface area contributed by atoms with Crippen LogP contribution in [0.3, 0.4) is 0 Å². The van der Waals surface area contributed by atoms with Gasteiger partial charge in [-0.3, -0.25) is 0 Å². The van der Waals surface area contributed by atoms with Crippen LogP contribution in [0.1, 0.15) is 48.2 Å². The van der Waals surface area contributed by atoms with Crippen molar-refractivity contribution in [3.8, 4) is 0 Å². The van der Waals surface area contributed by atoms with E-state index in [-0.39, 0.29) is 17.7 Å². The standard InChI is InChI=1S/C22H24F3N3O2/c1-3-11-27(12-4-2)21-26-18-13-15(20(29)30)9-10-19(18)28(21)14-16-7-5-6-8-17(16)22(23,24)25/h5-10,13H,3-4,11-12,14H2,1-2H3,(H,29,30). The molecule has 0 atom stereocenters. The first kappa shape index (κ1) is 21.7. The Morgan fingerprint density at radius 1 is 1.10 bits per heavy atom.